The molecule has 5 heterocycles. The maximum atomic E-state index is 3.97. The van der Waals surface area contributed by atoms with Crippen LogP contribution in [-0.2, 0) is 38.9 Å². The van der Waals surface area contributed by atoms with Crippen LogP contribution in [0.2, 0.25) is 0 Å². The first-order chi connectivity index (χ1) is 67.9. The van der Waals surface area contributed by atoms with E-state index >= 15 is 0 Å². The molecule has 696 valence electrons. The number of anilines is 27. The zero-order chi connectivity index (χ0) is 97.3. The van der Waals surface area contributed by atoms with Crippen molar-refractivity contribution in [2.24, 2.45) is 0 Å². The quantitative estimate of drug-likeness (QED) is 0.140. The first kappa shape index (κ1) is 90.8. The van der Waals surface area contributed by atoms with Gasteiger partial charge in [0.2, 0.25) is 0 Å². The molecule has 9 nitrogen and oxygen atoms in total. The van der Waals surface area contributed by atoms with Gasteiger partial charge in [-0.25, -0.2) is 0 Å². The summed E-state index contributed by atoms with van der Waals surface area (Å²) in [6.45, 7) is 36.6. The Kier molecular flexibility index (Phi) is 22.7. The number of fused-ring (bicyclic) bond motifs is 12. The van der Waals surface area contributed by atoms with E-state index in [0.717, 1.165) is 153 Å². The molecule has 0 bridgehead atoms. The van der Waals surface area contributed by atoms with Gasteiger partial charge in [-0.2, -0.15) is 0 Å². The summed E-state index contributed by atoms with van der Waals surface area (Å²) >= 11 is 3.97. The van der Waals surface area contributed by atoms with Gasteiger partial charge >= 0.3 is 0 Å². The fourth-order valence-corrected chi connectivity index (χ4v) is 22.6. The third kappa shape index (κ3) is 16.2. The number of benzene rings is 18. The van der Waals surface area contributed by atoms with Crippen LogP contribution in [0.3, 0.4) is 0 Å². The van der Waals surface area contributed by atoms with Gasteiger partial charge in [0, 0.05) is 49.4 Å². The van der Waals surface area contributed by atoms with Crippen molar-refractivity contribution >= 4 is 169 Å². The summed E-state index contributed by atoms with van der Waals surface area (Å²) in [5.74, 6) is 0. The van der Waals surface area contributed by atoms with Gasteiger partial charge in [-0.1, -0.05) is 357 Å². The average Bonchev–Trinajstić information content (AvgIpc) is 0.713. The molecule has 0 atom stereocenters. The Morgan fingerprint density at radius 2 is 0.319 bits per heavy atom. The monoisotopic (exact) mass is 1900 g/mol. The third-order valence-corrected chi connectivity index (χ3v) is 29.8. The lowest BCUT2D eigenvalue weighted by atomic mass is 9.69. The molecule has 0 aromatic heterocycles. The van der Waals surface area contributed by atoms with Gasteiger partial charge in [0.05, 0.1) is 119 Å². The fourth-order valence-electron chi connectivity index (χ4n) is 22.1. The standard InChI is InChI=1S/C65H59N5.C50H45BrN4.C16H16/c1-63(2,3)44-33-37-46(38-34-44)66-55-25-13-17-29-59(55)69(60-30-18-14-26-56(60)66)49-41-48(68-53-23-11-9-21-51(53)65(7,8)52-22-10-12-24-54(52)68)42-50(43-49)70-61-31-19-15-27-57(61)67(58-28-16-20-32-62(58)70)47-39-35-45(36-40-47)64(4,5)6;1-49(2,3)34-23-27-37(28-24-34)52-41-15-7-11-19-45(41)54(46-20-12-8-16-42(46)52)39-31-36(51)32-40(33-39)55-47-21-13-9-17-43(47)53(44-18-10-14-22-48(44)55)38-29-25-35(26-30-38)50(4,5)6;1-16(2)14-9-5-3-7-12(14)11-13-8-4-6-10-15(13)16/h9-43H,1-8H3;7-33H,1-6H3;3-10H,11H2,1-2H3. The van der Waals surface area contributed by atoms with Crippen molar-refractivity contribution in [3.63, 3.8) is 0 Å². The van der Waals surface area contributed by atoms with E-state index in [2.05, 4.69) is 595 Å². The van der Waals surface area contributed by atoms with Crippen LogP contribution >= 0.6 is 15.9 Å². The lowest BCUT2D eigenvalue weighted by molar-refractivity contribution is 0.590. The largest absolute Gasteiger partial charge is 0.310 e. The summed E-state index contributed by atoms with van der Waals surface area (Å²) in [5.41, 5.74) is 44.1. The summed E-state index contributed by atoms with van der Waals surface area (Å²) in [6.07, 6.45) is 1.08. The van der Waals surface area contributed by atoms with Gasteiger partial charge < -0.3 is 44.1 Å². The van der Waals surface area contributed by atoms with Crippen molar-refractivity contribution in [1.82, 2.24) is 0 Å². The highest BCUT2D eigenvalue weighted by atomic mass is 79.9. The van der Waals surface area contributed by atoms with Crippen LogP contribution in [0.1, 0.15) is 166 Å². The second-order valence-corrected chi connectivity index (χ2v) is 44.2. The predicted octanol–water partition coefficient (Wildman–Crippen LogP) is 38.4. The van der Waals surface area contributed by atoms with E-state index in [0.29, 0.717) is 0 Å². The summed E-state index contributed by atoms with van der Waals surface area (Å²) < 4.78 is 1.00. The Bertz CT molecular complexity index is 7180. The molecule has 0 saturated carbocycles. The number of hydrogen-bond donors (Lipinski definition) is 0. The molecule has 18 aromatic rings. The van der Waals surface area contributed by atoms with Gasteiger partial charge in [0.1, 0.15) is 0 Å². The van der Waals surface area contributed by atoms with Crippen molar-refractivity contribution in [2.45, 2.75) is 150 Å². The second kappa shape index (κ2) is 35.2. The molecule has 10 heteroatoms. The van der Waals surface area contributed by atoms with Crippen LogP contribution in [0.15, 0.2) is 429 Å². The summed E-state index contributed by atoms with van der Waals surface area (Å²) in [5, 5.41) is 0. The smallest absolute Gasteiger partial charge is 0.0703 e. The van der Waals surface area contributed by atoms with Gasteiger partial charge in [0.25, 0.3) is 0 Å². The number of halogens is 1. The minimum Gasteiger partial charge on any atom is -0.310 e. The number of para-hydroxylation sites is 18. The lowest BCUT2D eigenvalue weighted by Gasteiger charge is -2.44. The van der Waals surface area contributed by atoms with E-state index in [4.69, 9.17) is 0 Å². The number of rotatable bonds is 9. The molecule has 0 amide bonds. The van der Waals surface area contributed by atoms with Crippen LogP contribution in [0.4, 0.5) is 154 Å². The maximum Gasteiger partial charge on any atom is 0.0703 e. The van der Waals surface area contributed by atoms with E-state index < -0.39 is 0 Å². The van der Waals surface area contributed by atoms with Crippen molar-refractivity contribution in [2.75, 3.05) is 44.1 Å². The zero-order valence-electron chi connectivity index (χ0n) is 83.5. The number of nitrogens with zero attached hydrogens (tertiary/aromatic N) is 9. The molecular formula is C131H120BrN9. The molecule has 0 saturated heterocycles. The molecule has 0 spiro atoms. The van der Waals surface area contributed by atoms with Crippen LogP contribution in [0.5, 0.6) is 0 Å². The van der Waals surface area contributed by atoms with E-state index in [9.17, 15) is 0 Å². The minimum atomic E-state index is -0.206. The van der Waals surface area contributed by atoms with Crippen molar-refractivity contribution < 1.29 is 0 Å². The van der Waals surface area contributed by atoms with Crippen molar-refractivity contribution in [3.05, 3.63) is 485 Å². The molecular weight excluding hydrogens is 1780 g/mol. The summed E-state index contributed by atoms with van der Waals surface area (Å²) in [6, 6.07) is 156. The lowest BCUT2D eigenvalue weighted by Crippen LogP contribution is -2.31. The van der Waals surface area contributed by atoms with Gasteiger partial charge in [-0.05, 0) is 278 Å². The molecule has 24 rings (SSSR count). The zero-order valence-corrected chi connectivity index (χ0v) is 85.1. The van der Waals surface area contributed by atoms with Gasteiger partial charge in [0.15, 0.2) is 0 Å². The molecule has 1 aliphatic carbocycles. The molecule has 6 aliphatic rings. The highest BCUT2D eigenvalue weighted by Gasteiger charge is 2.42. The van der Waals surface area contributed by atoms with E-state index in [-0.39, 0.29) is 32.5 Å². The van der Waals surface area contributed by atoms with Crippen LogP contribution < -0.4 is 44.1 Å². The Hall–Kier alpha value is -15.4. The average molecular weight is 1900 g/mol. The minimum absolute atomic E-state index is 0.0479. The fraction of sp³-hybridized carbons (Fsp3) is 0.176. The van der Waals surface area contributed by atoms with Gasteiger partial charge in [-0.3, -0.25) is 0 Å². The first-order valence-electron chi connectivity index (χ1n) is 49.6. The molecule has 0 fully saturated rings. The summed E-state index contributed by atoms with van der Waals surface area (Å²) in [7, 11) is 0. The predicted molar refractivity (Wildman–Crippen MR) is 602 cm³/mol. The van der Waals surface area contributed by atoms with E-state index in [1.54, 1.807) is 0 Å². The van der Waals surface area contributed by atoms with Gasteiger partial charge in [-0.15, -0.1) is 0 Å². The Morgan fingerprint density at radius 3 is 0.518 bits per heavy atom. The molecule has 0 N–H and O–H groups in total. The van der Waals surface area contributed by atoms with Crippen LogP contribution in [0.25, 0.3) is 0 Å². The Labute approximate surface area is 841 Å². The first-order valence-corrected chi connectivity index (χ1v) is 50.4. The van der Waals surface area contributed by atoms with Crippen LogP contribution in [0, 0.1) is 0 Å². The van der Waals surface area contributed by atoms with E-state index in [1.807, 2.05) is 0 Å². The molecule has 141 heavy (non-hydrogen) atoms. The van der Waals surface area contributed by atoms with Crippen molar-refractivity contribution in [1.29, 1.82) is 0 Å². The number of hydrogen-bond acceptors (Lipinski definition) is 9. The highest BCUT2D eigenvalue weighted by Crippen LogP contribution is 2.63. The second-order valence-electron chi connectivity index (χ2n) is 43.3. The molecule has 18 aromatic carbocycles. The highest BCUT2D eigenvalue weighted by molar-refractivity contribution is 9.10. The Balaban J connectivity index is 0.000000142. The van der Waals surface area contributed by atoms with Crippen LogP contribution in [-0.4, -0.2) is 0 Å². The maximum absolute atomic E-state index is 3.97. The normalized spacial score (nSPS) is 14.4. The molecule has 0 radical (unpaired) electrons. The molecule has 0 unspecified atom stereocenters. The molecule has 5 aliphatic heterocycles. The Morgan fingerprint density at radius 1 is 0.170 bits per heavy atom. The SMILES string of the molecule is CC(C)(C)c1ccc(N2c3ccccc3N(c3cc(Br)cc(N4c5ccccc5N(c5ccc(C(C)(C)C)cc5)c5ccccc54)c3)c3ccccc32)cc1.CC(C)(C)c1ccc(N2c3ccccc3N(c3cc(N4c5ccccc5N(c5ccc(C(C)(C)C)cc5)c5ccccc54)cc(N4c5ccccc5C(C)(C)c5ccccc54)c3)c3ccccc32)cc1.CC1(C)c2ccccc2Cc2ccccc21. The topological polar surface area (TPSA) is 29.2 Å². The summed E-state index contributed by atoms with van der Waals surface area (Å²) in [4.78, 5) is 21.9. The third-order valence-electron chi connectivity index (χ3n) is 29.3. The van der Waals surface area contributed by atoms with Crippen molar-refractivity contribution in [3.8, 4) is 0 Å². The van der Waals surface area contributed by atoms with E-state index in [1.165, 1.54) is 67.0 Å².